The first-order chi connectivity index (χ1) is 13.8. The zero-order valence-electron chi connectivity index (χ0n) is 15.7. The van der Waals surface area contributed by atoms with Gasteiger partial charge in [0.15, 0.2) is 0 Å². The fourth-order valence-corrected chi connectivity index (χ4v) is 2.85. The van der Waals surface area contributed by atoms with E-state index in [9.17, 15) is 35.9 Å². The molecule has 2 aromatic rings. The SMILES string of the molecule is Cc1cccc(C[C@H](NC(=O)Cc2cc(C(F)(F)F)cc(C(F)(F)F)c2)C(N)=O)c1. The minimum Gasteiger partial charge on any atom is -0.368 e. The van der Waals surface area contributed by atoms with Gasteiger partial charge in [-0.05, 0) is 36.2 Å². The van der Waals surface area contributed by atoms with E-state index in [1.54, 1.807) is 18.2 Å². The number of aryl methyl sites for hydroxylation is 1. The zero-order valence-corrected chi connectivity index (χ0v) is 15.7. The number of primary amides is 1. The van der Waals surface area contributed by atoms with Crippen LogP contribution in [-0.4, -0.2) is 17.9 Å². The smallest absolute Gasteiger partial charge is 0.368 e. The molecule has 0 heterocycles. The Hall–Kier alpha value is -3.04. The lowest BCUT2D eigenvalue weighted by molar-refractivity contribution is -0.143. The highest BCUT2D eigenvalue weighted by Crippen LogP contribution is 2.36. The molecule has 2 amide bonds. The van der Waals surface area contributed by atoms with Gasteiger partial charge in [0.2, 0.25) is 11.8 Å². The molecule has 0 aliphatic rings. The van der Waals surface area contributed by atoms with Gasteiger partial charge in [-0.15, -0.1) is 0 Å². The van der Waals surface area contributed by atoms with Gasteiger partial charge < -0.3 is 11.1 Å². The predicted octanol–water partition coefficient (Wildman–Crippen LogP) is 3.79. The van der Waals surface area contributed by atoms with Gasteiger partial charge in [-0.3, -0.25) is 9.59 Å². The maximum absolute atomic E-state index is 12.9. The third-order valence-corrected chi connectivity index (χ3v) is 4.21. The van der Waals surface area contributed by atoms with Crippen molar-refractivity contribution in [1.82, 2.24) is 5.32 Å². The third kappa shape index (κ3) is 6.50. The molecule has 0 fully saturated rings. The molecule has 0 radical (unpaired) electrons. The molecule has 0 aromatic heterocycles. The van der Waals surface area contributed by atoms with Crippen LogP contribution in [0.4, 0.5) is 26.3 Å². The molecule has 0 bridgehead atoms. The molecule has 162 valence electrons. The topological polar surface area (TPSA) is 72.2 Å². The summed E-state index contributed by atoms with van der Waals surface area (Å²) in [4.78, 5) is 23.9. The van der Waals surface area contributed by atoms with E-state index in [0.29, 0.717) is 17.7 Å². The number of hydrogen-bond donors (Lipinski definition) is 2. The van der Waals surface area contributed by atoms with Crippen molar-refractivity contribution in [3.63, 3.8) is 0 Å². The molecule has 30 heavy (non-hydrogen) atoms. The molecule has 2 rings (SSSR count). The molecule has 0 aliphatic carbocycles. The summed E-state index contributed by atoms with van der Waals surface area (Å²) in [6.07, 6.45) is -10.8. The monoisotopic (exact) mass is 432 g/mol. The molecule has 0 spiro atoms. The van der Waals surface area contributed by atoms with Crippen LogP contribution in [0.3, 0.4) is 0 Å². The highest BCUT2D eigenvalue weighted by molar-refractivity contribution is 5.87. The largest absolute Gasteiger partial charge is 0.416 e. The number of amides is 2. The van der Waals surface area contributed by atoms with Crippen LogP contribution in [0.2, 0.25) is 0 Å². The fourth-order valence-electron chi connectivity index (χ4n) is 2.85. The molecular formula is C20H18F6N2O2. The maximum atomic E-state index is 12.9. The Morgan fingerprint density at radius 3 is 1.97 bits per heavy atom. The number of nitrogens with two attached hydrogens (primary N) is 1. The standard InChI is InChI=1S/C20H18F6N2O2/c1-11-3-2-4-12(5-11)8-16(18(27)30)28-17(29)9-13-6-14(19(21,22)23)10-15(7-13)20(24,25)26/h2-7,10,16H,8-9H2,1H3,(H2,27,30)(H,28,29)/t16-/m0/s1. The molecule has 1 atom stereocenters. The minimum absolute atomic E-state index is 0.0225. The van der Waals surface area contributed by atoms with Crippen molar-refractivity contribution in [3.05, 3.63) is 70.3 Å². The minimum atomic E-state index is -5.02. The normalized spacial score (nSPS) is 13.0. The van der Waals surface area contributed by atoms with Crippen LogP contribution < -0.4 is 11.1 Å². The first-order valence-electron chi connectivity index (χ1n) is 8.68. The molecule has 4 nitrogen and oxygen atoms in total. The summed E-state index contributed by atoms with van der Waals surface area (Å²) in [5.74, 6) is -1.82. The molecule has 0 saturated carbocycles. The molecule has 3 N–H and O–H groups in total. The highest BCUT2D eigenvalue weighted by Gasteiger charge is 2.37. The summed E-state index contributed by atoms with van der Waals surface area (Å²) in [7, 11) is 0. The number of nitrogens with one attached hydrogen (secondary N) is 1. The number of halogens is 6. The van der Waals surface area contributed by atoms with Crippen molar-refractivity contribution >= 4 is 11.8 Å². The van der Waals surface area contributed by atoms with Gasteiger partial charge in [0, 0.05) is 6.42 Å². The van der Waals surface area contributed by atoms with Crippen molar-refractivity contribution in [3.8, 4) is 0 Å². The molecular weight excluding hydrogens is 414 g/mol. The first kappa shape index (κ1) is 23.2. The Kier molecular flexibility index (Phi) is 6.79. The molecule has 2 aromatic carbocycles. The number of carbonyl (C=O) groups is 2. The van der Waals surface area contributed by atoms with Gasteiger partial charge in [0.1, 0.15) is 6.04 Å². The van der Waals surface area contributed by atoms with Crippen molar-refractivity contribution < 1.29 is 35.9 Å². The first-order valence-corrected chi connectivity index (χ1v) is 8.68. The van der Waals surface area contributed by atoms with E-state index in [1.807, 2.05) is 13.0 Å². The van der Waals surface area contributed by atoms with Crippen LogP contribution in [-0.2, 0) is 34.8 Å². The Morgan fingerprint density at radius 2 is 1.50 bits per heavy atom. The van der Waals surface area contributed by atoms with Crippen LogP contribution in [0, 0.1) is 6.92 Å². The quantitative estimate of drug-likeness (QED) is 0.682. The molecule has 0 saturated heterocycles. The molecule has 0 aliphatic heterocycles. The average Bonchev–Trinajstić information content (AvgIpc) is 2.59. The van der Waals surface area contributed by atoms with E-state index in [2.05, 4.69) is 5.32 Å². The zero-order chi connectivity index (χ0) is 22.7. The summed E-state index contributed by atoms with van der Waals surface area (Å²) < 4.78 is 77.6. The van der Waals surface area contributed by atoms with Gasteiger partial charge in [0.05, 0.1) is 17.5 Å². The van der Waals surface area contributed by atoms with Crippen molar-refractivity contribution in [2.75, 3.05) is 0 Å². The summed E-state index contributed by atoms with van der Waals surface area (Å²) in [6.45, 7) is 1.81. The lowest BCUT2D eigenvalue weighted by atomic mass is 10.0. The van der Waals surface area contributed by atoms with E-state index < -0.39 is 53.3 Å². The Balaban J connectivity index is 2.21. The van der Waals surface area contributed by atoms with Gasteiger partial charge in [-0.25, -0.2) is 0 Å². The van der Waals surface area contributed by atoms with E-state index in [4.69, 9.17) is 5.73 Å². The van der Waals surface area contributed by atoms with Gasteiger partial charge in [-0.1, -0.05) is 29.8 Å². The Bertz CT molecular complexity index is 905. The van der Waals surface area contributed by atoms with Crippen LogP contribution in [0.1, 0.15) is 27.8 Å². The second kappa shape index (κ2) is 8.76. The predicted molar refractivity (Wildman–Crippen MR) is 96.2 cm³/mol. The van der Waals surface area contributed by atoms with Crippen molar-refractivity contribution in [2.24, 2.45) is 5.73 Å². The average molecular weight is 432 g/mol. The lowest BCUT2D eigenvalue weighted by Gasteiger charge is -2.17. The van der Waals surface area contributed by atoms with Crippen LogP contribution in [0.15, 0.2) is 42.5 Å². The van der Waals surface area contributed by atoms with Crippen molar-refractivity contribution in [1.29, 1.82) is 0 Å². The number of alkyl halides is 6. The fraction of sp³-hybridized carbons (Fsp3) is 0.300. The summed E-state index contributed by atoms with van der Waals surface area (Å²) >= 11 is 0. The number of benzene rings is 2. The number of rotatable bonds is 6. The van der Waals surface area contributed by atoms with Crippen LogP contribution in [0.5, 0.6) is 0 Å². The molecule has 10 heteroatoms. The molecule has 0 unspecified atom stereocenters. The summed E-state index contributed by atoms with van der Waals surface area (Å²) in [5, 5.41) is 2.27. The second-order valence-corrected chi connectivity index (χ2v) is 6.81. The Morgan fingerprint density at radius 1 is 0.933 bits per heavy atom. The van der Waals surface area contributed by atoms with Crippen LogP contribution >= 0.6 is 0 Å². The highest BCUT2D eigenvalue weighted by atomic mass is 19.4. The second-order valence-electron chi connectivity index (χ2n) is 6.81. The van der Waals surface area contributed by atoms with E-state index in [0.717, 1.165) is 5.56 Å². The van der Waals surface area contributed by atoms with Crippen LogP contribution in [0.25, 0.3) is 0 Å². The number of carbonyl (C=O) groups excluding carboxylic acids is 2. The van der Waals surface area contributed by atoms with Crippen molar-refractivity contribution in [2.45, 2.75) is 38.2 Å². The maximum Gasteiger partial charge on any atom is 0.416 e. The summed E-state index contributed by atoms with van der Waals surface area (Å²) in [6, 6.07) is 6.72. The van der Waals surface area contributed by atoms with E-state index in [1.165, 1.54) is 0 Å². The van der Waals surface area contributed by atoms with Gasteiger partial charge in [0.25, 0.3) is 0 Å². The lowest BCUT2D eigenvalue weighted by Crippen LogP contribution is -2.46. The Labute approximate surface area is 168 Å². The van der Waals surface area contributed by atoms with E-state index >= 15 is 0 Å². The van der Waals surface area contributed by atoms with Gasteiger partial charge in [-0.2, -0.15) is 26.3 Å². The van der Waals surface area contributed by atoms with E-state index in [-0.39, 0.29) is 12.5 Å². The third-order valence-electron chi connectivity index (χ3n) is 4.21. The summed E-state index contributed by atoms with van der Waals surface area (Å²) in [5.41, 5.74) is 3.31. The number of hydrogen-bond acceptors (Lipinski definition) is 2. The van der Waals surface area contributed by atoms with Gasteiger partial charge >= 0.3 is 12.4 Å².